The van der Waals surface area contributed by atoms with E-state index in [0.29, 0.717) is 32.4 Å². The standard InChI is InChI=1S/C24H28N2O4/c1-2-22(27)25(13-12-18-8-4-3-5-9-18)17-23(28)26-16-20-11-7-6-10-19(20)14-21(26)15-24(29)30/h3-11,21H,2,12-17H2,1H3,(H,29,30). The van der Waals surface area contributed by atoms with Crippen LogP contribution in [-0.4, -0.2) is 51.8 Å². The van der Waals surface area contributed by atoms with Crippen molar-refractivity contribution in [2.75, 3.05) is 13.1 Å². The maximum absolute atomic E-state index is 13.2. The summed E-state index contributed by atoms with van der Waals surface area (Å²) < 4.78 is 0. The van der Waals surface area contributed by atoms with Gasteiger partial charge in [0, 0.05) is 25.6 Å². The second-order valence-corrected chi connectivity index (χ2v) is 7.65. The molecule has 6 nitrogen and oxygen atoms in total. The second kappa shape index (κ2) is 10.1. The van der Waals surface area contributed by atoms with Crippen LogP contribution in [0.15, 0.2) is 54.6 Å². The first kappa shape index (κ1) is 21.6. The number of carbonyl (C=O) groups excluding carboxylic acids is 2. The first-order valence-corrected chi connectivity index (χ1v) is 10.4. The van der Waals surface area contributed by atoms with Gasteiger partial charge in [-0.25, -0.2) is 0 Å². The van der Waals surface area contributed by atoms with Crippen molar-refractivity contribution in [3.05, 3.63) is 71.3 Å². The van der Waals surface area contributed by atoms with E-state index in [1.165, 1.54) is 0 Å². The molecule has 2 aromatic rings. The van der Waals surface area contributed by atoms with Gasteiger partial charge in [0.05, 0.1) is 13.0 Å². The van der Waals surface area contributed by atoms with Crippen LogP contribution in [0.1, 0.15) is 36.5 Å². The van der Waals surface area contributed by atoms with Gasteiger partial charge in [-0.05, 0) is 29.5 Å². The summed E-state index contributed by atoms with van der Waals surface area (Å²) in [5.74, 6) is -1.21. The van der Waals surface area contributed by atoms with Gasteiger partial charge >= 0.3 is 5.97 Å². The molecule has 6 heteroatoms. The molecule has 1 N–H and O–H groups in total. The van der Waals surface area contributed by atoms with Gasteiger partial charge in [0.2, 0.25) is 11.8 Å². The second-order valence-electron chi connectivity index (χ2n) is 7.65. The molecule has 30 heavy (non-hydrogen) atoms. The van der Waals surface area contributed by atoms with Crippen molar-refractivity contribution in [2.24, 2.45) is 0 Å². The number of carbonyl (C=O) groups is 3. The van der Waals surface area contributed by atoms with E-state index in [0.717, 1.165) is 16.7 Å². The average molecular weight is 408 g/mol. The van der Waals surface area contributed by atoms with Gasteiger partial charge in [0.25, 0.3) is 0 Å². The number of fused-ring (bicyclic) bond motifs is 1. The zero-order chi connectivity index (χ0) is 21.5. The molecule has 0 aromatic heterocycles. The lowest BCUT2D eigenvalue weighted by atomic mass is 9.92. The highest BCUT2D eigenvalue weighted by Crippen LogP contribution is 2.25. The summed E-state index contributed by atoms with van der Waals surface area (Å²) in [6.45, 7) is 2.58. The fourth-order valence-corrected chi connectivity index (χ4v) is 3.94. The molecule has 0 fully saturated rings. The smallest absolute Gasteiger partial charge is 0.305 e. The zero-order valence-electron chi connectivity index (χ0n) is 17.3. The summed E-state index contributed by atoms with van der Waals surface area (Å²) in [6, 6.07) is 17.3. The van der Waals surface area contributed by atoms with Crippen LogP contribution in [0, 0.1) is 0 Å². The summed E-state index contributed by atoms with van der Waals surface area (Å²) in [5, 5.41) is 9.33. The Kier molecular flexibility index (Phi) is 7.22. The van der Waals surface area contributed by atoms with Gasteiger partial charge in [0.15, 0.2) is 0 Å². The number of nitrogens with zero attached hydrogens (tertiary/aromatic N) is 2. The Balaban J connectivity index is 1.73. The summed E-state index contributed by atoms with van der Waals surface area (Å²) in [5.41, 5.74) is 3.22. The maximum Gasteiger partial charge on any atom is 0.305 e. The van der Waals surface area contributed by atoms with Crippen LogP contribution < -0.4 is 0 Å². The van der Waals surface area contributed by atoms with Crippen molar-refractivity contribution in [2.45, 2.75) is 45.2 Å². The minimum absolute atomic E-state index is 0.0300. The molecule has 3 rings (SSSR count). The third-order valence-electron chi connectivity index (χ3n) is 5.58. The van der Waals surface area contributed by atoms with Crippen LogP contribution in [-0.2, 0) is 33.8 Å². The van der Waals surface area contributed by atoms with Crippen LogP contribution in [0.4, 0.5) is 0 Å². The van der Waals surface area contributed by atoms with Crippen molar-refractivity contribution >= 4 is 17.8 Å². The summed E-state index contributed by atoms with van der Waals surface area (Å²) in [6.07, 6.45) is 1.40. The predicted octanol–water partition coefficient (Wildman–Crippen LogP) is 2.90. The molecule has 158 valence electrons. The van der Waals surface area contributed by atoms with Gasteiger partial charge in [-0.2, -0.15) is 0 Å². The van der Waals surface area contributed by atoms with Crippen molar-refractivity contribution in [3.8, 4) is 0 Å². The van der Waals surface area contributed by atoms with Crippen molar-refractivity contribution in [1.82, 2.24) is 9.80 Å². The third-order valence-corrected chi connectivity index (χ3v) is 5.58. The van der Waals surface area contributed by atoms with Gasteiger partial charge in [-0.1, -0.05) is 61.5 Å². The molecule has 0 aliphatic carbocycles. The van der Waals surface area contributed by atoms with Gasteiger partial charge in [-0.15, -0.1) is 0 Å². The van der Waals surface area contributed by atoms with E-state index in [-0.39, 0.29) is 24.8 Å². The van der Waals surface area contributed by atoms with E-state index < -0.39 is 12.0 Å². The summed E-state index contributed by atoms with van der Waals surface area (Å²) in [7, 11) is 0. The SMILES string of the molecule is CCC(=O)N(CCc1ccccc1)CC(=O)N1Cc2ccccc2CC1CC(=O)O. The number of aliphatic carboxylic acids is 1. The van der Waals surface area contributed by atoms with E-state index in [1.807, 2.05) is 54.6 Å². The van der Waals surface area contributed by atoms with Crippen LogP contribution >= 0.6 is 0 Å². The lowest BCUT2D eigenvalue weighted by Crippen LogP contribution is -2.50. The number of carboxylic acid groups (broad SMARTS) is 1. The number of rotatable bonds is 8. The van der Waals surface area contributed by atoms with Crippen molar-refractivity contribution < 1.29 is 19.5 Å². The molecule has 2 aromatic carbocycles. The Morgan fingerprint density at radius 2 is 1.70 bits per heavy atom. The topological polar surface area (TPSA) is 77.9 Å². The van der Waals surface area contributed by atoms with Gasteiger partial charge < -0.3 is 14.9 Å². The number of hydrogen-bond acceptors (Lipinski definition) is 3. The molecule has 1 aliphatic heterocycles. The highest BCUT2D eigenvalue weighted by Gasteiger charge is 2.32. The minimum atomic E-state index is -0.928. The fraction of sp³-hybridized carbons (Fsp3) is 0.375. The normalized spacial score (nSPS) is 15.4. The van der Waals surface area contributed by atoms with Gasteiger partial charge in [0.1, 0.15) is 0 Å². The van der Waals surface area contributed by atoms with Crippen LogP contribution in [0.25, 0.3) is 0 Å². The first-order valence-electron chi connectivity index (χ1n) is 10.4. The Labute approximate surface area is 177 Å². The van der Waals surface area contributed by atoms with E-state index >= 15 is 0 Å². The van der Waals surface area contributed by atoms with Crippen molar-refractivity contribution in [3.63, 3.8) is 0 Å². The highest BCUT2D eigenvalue weighted by atomic mass is 16.4. The molecule has 0 radical (unpaired) electrons. The number of amides is 2. The summed E-state index contributed by atoms with van der Waals surface area (Å²) >= 11 is 0. The molecule has 0 saturated heterocycles. The van der Waals surface area contributed by atoms with E-state index in [9.17, 15) is 19.5 Å². The Morgan fingerprint density at radius 3 is 2.37 bits per heavy atom. The van der Waals surface area contributed by atoms with Gasteiger partial charge in [-0.3, -0.25) is 14.4 Å². The lowest BCUT2D eigenvalue weighted by molar-refractivity contribution is -0.145. The quantitative estimate of drug-likeness (QED) is 0.729. The van der Waals surface area contributed by atoms with Crippen LogP contribution in [0.5, 0.6) is 0 Å². The fourth-order valence-electron chi connectivity index (χ4n) is 3.94. The number of benzene rings is 2. The number of hydrogen-bond donors (Lipinski definition) is 1. The average Bonchev–Trinajstić information content (AvgIpc) is 2.75. The van der Waals surface area contributed by atoms with Crippen LogP contribution in [0.3, 0.4) is 0 Å². The maximum atomic E-state index is 13.2. The molecular formula is C24H28N2O4. The molecule has 0 bridgehead atoms. The Morgan fingerprint density at radius 1 is 1.03 bits per heavy atom. The highest BCUT2D eigenvalue weighted by molar-refractivity contribution is 5.85. The predicted molar refractivity (Wildman–Crippen MR) is 114 cm³/mol. The molecular weight excluding hydrogens is 380 g/mol. The molecule has 0 saturated carbocycles. The van der Waals surface area contributed by atoms with E-state index in [1.54, 1.807) is 16.7 Å². The molecule has 1 aliphatic rings. The molecule has 1 unspecified atom stereocenters. The lowest BCUT2D eigenvalue weighted by Gasteiger charge is -2.37. The van der Waals surface area contributed by atoms with Crippen molar-refractivity contribution in [1.29, 1.82) is 0 Å². The molecule has 2 amide bonds. The Bertz CT molecular complexity index is 897. The van der Waals surface area contributed by atoms with Crippen LogP contribution in [0.2, 0.25) is 0 Å². The third kappa shape index (κ3) is 5.47. The largest absolute Gasteiger partial charge is 0.481 e. The monoisotopic (exact) mass is 408 g/mol. The molecule has 1 atom stereocenters. The minimum Gasteiger partial charge on any atom is -0.481 e. The van der Waals surface area contributed by atoms with E-state index in [2.05, 4.69) is 0 Å². The number of carboxylic acids is 1. The molecule has 1 heterocycles. The first-order chi connectivity index (χ1) is 14.5. The zero-order valence-corrected chi connectivity index (χ0v) is 17.3. The Hall–Kier alpha value is -3.15. The summed E-state index contributed by atoms with van der Waals surface area (Å²) in [4.78, 5) is 40.3. The van der Waals surface area contributed by atoms with E-state index in [4.69, 9.17) is 0 Å². The molecule has 0 spiro atoms.